The summed E-state index contributed by atoms with van der Waals surface area (Å²) >= 11 is 1.12. The second-order valence-corrected chi connectivity index (χ2v) is 8.43. The fourth-order valence-electron chi connectivity index (χ4n) is 3.29. The summed E-state index contributed by atoms with van der Waals surface area (Å²) < 4.78 is 91.3. The van der Waals surface area contributed by atoms with Crippen LogP contribution in [0.1, 0.15) is 24.0 Å². The summed E-state index contributed by atoms with van der Waals surface area (Å²) in [6, 6.07) is 1.81. The number of rotatable bonds is 5. The molecule has 0 spiro atoms. The van der Waals surface area contributed by atoms with Crippen LogP contribution in [0, 0.1) is 0 Å². The van der Waals surface area contributed by atoms with Gasteiger partial charge in [0.15, 0.2) is 17.8 Å². The van der Waals surface area contributed by atoms with Crippen LogP contribution in [0.2, 0.25) is 0 Å². The summed E-state index contributed by atoms with van der Waals surface area (Å²) in [4.78, 5) is 12.2. The SMILES string of the molecule is Cn1c(-c2ncc(C(F)(F)F)cc2SCCC2OCCCO2)nc2cc(C(F)(F)F)cnc21. The number of imidazole rings is 1. The molecule has 0 aliphatic carbocycles. The quantitative estimate of drug-likeness (QED) is 0.355. The van der Waals surface area contributed by atoms with Crippen LogP contribution >= 0.6 is 11.8 Å². The number of fused-ring (bicyclic) bond motifs is 1. The number of nitrogens with zero attached hydrogens (tertiary/aromatic N) is 4. The van der Waals surface area contributed by atoms with E-state index >= 15 is 0 Å². The predicted molar refractivity (Wildman–Crippen MR) is 107 cm³/mol. The first-order valence-corrected chi connectivity index (χ1v) is 10.9. The highest BCUT2D eigenvalue weighted by molar-refractivity contribution is 7.99. The third-order valence-corrected chi connectivity index (χ3v) is 6.00. The van der Waals surface area contributed by atoms with Gasteiger partial charge in [0, 0.05) is 36.5 Å². The van der Waals surface area contributed by atoms with Crippen LogP contribution in [0.25, 0.3) is 22.7 Å². The summed E-state index contributed by atoms with van der Waals surface area (Å²) in [6.45, 7) is 1.11. The van der Waals surface area contributed by atoms with E-state index in [0.29, 0.717) is 37.8 Å². The molecule has 1 fully saturated rings. The molecular formula is C20H18F6N4O2S. The maximum Gasteiger partial charge on any atom is 0.417 e. The van der Waals surface area contributed by atoms with Gasteiger partial charge in [0.05, 0.1) is 24.3 Å². The van der Waals surface area contributed by atoms with Crippen molar-refractivity contribution in [2.45, 2.75) is 36.4 Å². The van der Waals surface area contributed by atoms with Crippen molar-refractivity contribution in [1.82, 2.24) is 19.5 Å². The zero-order chi connectivity index (χ0) is 23.8. The third-order valence-electron chi connectivity index (χ3n) is 4.94. The highest BCUT2D eigenvalue weighted by Gasteiger charge is 2.33. The first kappa shape index (κ1) is 23.8. The Morgan fingerprint density at radius 1 is 1.00 bits per heavy atom. The van der Waals surface area contributed by atoms with E-state index in [1.807, 2.05) is 0 Å². The molecule has 1 saturated heterocycles. The van der Waals surface area contributed by atoms with Gasteiger partial charge in [-0.3, -0.25) is 4.98 Å². The molecule has 1 aliphatic rings. The maximum absolute atomic E-state index is 13.3. The van der Waals surface area contributed by atoms with Crippen LogP contribution in [-0.4, -0.2) is 44.8 Å². The summed E-state index contributed by atoms with van der Waals surface area (Å²) in [5, 5.41) is 0. The molecule has 33 heavy (non-hydrogen) atoms. The van der Waals surface area contributed by atoms with Gasteiger partial charge in [-0.2, -0.15) is 26.3 Å². The minimum atomic E-state index is -4.61. The standard InChI is InChI=1S/C20H18F6N4O2S/c1-30-17-13(7-11(10-28-17)19(21,22)23)29-18(30)16-14(8-12(9-27-16)20(24,25)26)33-6-3-15-31-4-2-5-32-15/h7-10,15H,2-6H2,1H3. The van der Waals surface area contributed by atoms with Gasteiger partial charge in [0.2, 0.25) is 0 Å². The first-order valence-electron chi connectivity index (χ1n) is 9.87. The molecule has 6 nitrogen and oxygen atoms in total. The molecule has 0 atom stereocenters. The molecule has 0 amide bonds. The molecule has 0 unspecified atom stereocenters. The summed E-state index contributed by atoms with van der Waals surface area (Å²) in [7, 11) is 1.52. The van der Waals surface area contributed by atoms with Gasteiger partial charge >= 0.3 is 12.4 Å². The molecule has 4 rings (SSSR count). The van der Waals surface area contributed by atoms with E-state index in [-0.39, 0.29) is 27.6 Å². The molecule has 13 heteroatoms. The molecule has 4 heterocycles. The van der Waals surface area contributed by atoms with Crippen molar-refractivity contribution < 1.29 is 35.8 Å². The second kappa shape index (κ2) is 9.11. The van der Waals surface area contributed by atoms with Gasteiger partial charge in [-0.05, 0) is 18.6 Å². The van der Waals surface area contributed by atoms with Crippen LogP contribution < -0.4 is 0 Å². The molecule has 0 aromatic carbocycles. The maximum atomic E-state index is 13.3. The van der Waals surface area contributed by atoms with Crippen molar-refractivity contribution in [2.24, 2.45) is 7.05 Å². The van der Waals surface area contributed by atoms with Crippen LogP contribution in [0.3, 0.4) is 0 Å². The van der Waals surface area contributed by atoms with Crippen LogP contribution in [-0.2, 0) is 28.9 Å². The van der Waals surface area contributed by atoms with E-state index < -0.39 is 29.8 Å². The minimum absolute atomic E-state index is 0.0380. The van der Waals surface area contributed by atoms with Crippen molar-refractivity contribution in [3.63, 3.8) is 0 Å². The number of halogens is 6. The van der Waals surface area contributed by atoms with Crippen molar-refractivity contribution in [3.8, 4) is 11.5 Å². The Morgan fingerprint density at radius 3 is 2.30 bits per heavy atom. The molecule has 0 N–H and O–H groups in total. The lowest BCUT2D eigenvalue weighted by Gasteiger charge is -2.23. The lowest BCUT2D eigenvalue weighted by Crippen LogP contribution is -2.25. The Hall–Kier alpha value is -2.38. The minimum Gasteiger partial charge on any atom is -0.353 e. The Labute approximate surface area is 188 Å². The fourth-order valence-corrected chi connectivity index (χ4v) is 4.31. The van der Waals surface area contributed by atoms with Gasteiger partial charge < -0.3 is 14.0 Å². The smallest absolute Gasteiger partial charge is 0.353 e. The molecular weight excluding hydrogens is 474 g/mol. The molecule has 1 aliphatic heterocycles. The van der Waals surface area contributed by atoms with Crippen LogP contribution in [0.15, 0.2) is 29.4 Å². The summed E-state index contributed by atoms with van der Waals surface area (Å²) in [5.41, 5.74) is -1.67. The van der Waals surface area contributed by atoms with Crippen molar-refractivity contribution in [3.05, 3.63) is 35.7 Å². The number of pyridine rings is 2. The Kier molecular flexibility index (Phi) is 6.56. The van der Waals surface area contributed by atoms with E-state index in [4.69, 9.17) is 9.47 Å². The van der Waals surface area contributed by atoms with Crippen LogP contribution in [0.4, 0.5) is 26.3 Å². The number of alkyl halides is 6. The Balaban J connectivity index is 1.69. The number of hydrogen-bond acceptors (Lipinski definition) is 6. The van der Waals surface area contributed by atoms with E-state index in [9.17, 15) is 26.3 Å². The van der Waals surface area contributed by atoms with E-state index in [0.717, 1.165) is 30.3 Å². The highest BCUT2D eigenvalue weighted by Crippen LogP contribution is 2.37. The Bertz CT molecular complexity index is 1140. The van der Waals surface area contributed by atoms with Crippen molar-refractivity contribution in [2.75, 3.05) is 19.0 Å². The first-order chi connectivity index (χ1) is 15.5. The van der Waals surface area contributed by atoms with Crippen LogP contribution in [0.5, 0.6) is 0 Å². The number of aryl methyl sites for hydroxylation is 1. The molecule has 3 aromatic rings. The monoisotopic (exact) mass is 492 g/mol. The van der Waals surface area contributed by atoms with E-state index in [2.05, 4.69) is 15.0 Å². The zero-order valence-corrected chi connectivity index (χ0v) is 18.0. The topological polar surface area (TPSA) is 62.1 Å². The molecule has 3 aromatic heterocycles. The second-order valence-electron chi connectivity index (χ2n) is 7.29. The van der Waals surface area contributed by atoms with Gasteiger partial charge in [-0.15, -0.1) is 11.8 Å². The van der Waals surface area contributed by atoms with Crippen molar-refractivity contribution in [1.29, 1.82) is 0 Å². The largest absolute Gasteiger partial charge is 0.417 e. The van der Waals surface area contributed by atoms with E-state index in [1.165, 1.54) is 11.6 Å². The Morgan fingerprint density at radius 2 is 1.64 bits per heavy atom. The highest BCUT2D eigenvalue weighted by atomic mass is 32.2. The summed E-state index contributed by atoms with van der Waals surface area (Å²) in [6.07, 6.45) is -7.05. The zero-order valence-electron chi connectivity index (χ0n) is 17.2. The lowest BCUT2D eigenvalue weighted by molar-refractivity contribution is -0.178. The van der Waals surface area contributed by atoms with Gasteiger partial charge in [-0.1, -0.05) is 0 Å². The molecule has 0 radical (unpaired) electrons. The number of thioether (sulfide) groups is 1. The normalized spacial score (nSPS) is 16.0. The number of hydrogen-bond donors (Lipinski definition) is 0. The summed E-state index contributed by atoms with van der Waals surface area (Å²) in [5.74, 6) is 0.486. The number of aromatic nitrogens is 4. The van der Waals surface area contributed by atoms with Gasteiger partial charge in [0.25, 0.3) is 0 Å². The van der Waals surface area contributed by atoms with Crippen molar-refractivity contribution >= 4 is 22.9 Å². The average Bonchev–Trinajstić information content (AvgIpc) is 3.09. The average molecular weight is 492 g/mol. The molecule has 0 bridgehead atoms. The molecule has 0 saturated carbocycles. The van der Waals surface area contributed by atoms with Gasteiger partial charge in [-0.25, -0.2) is 9.97 Å². The lowest BCUT2D eigenvalue weighted by atomic mass is 10.2. The van der Waals surface area contributed by atoms with E-state index in [1.54, 1.807) is 0 Å². The van der Waals surface area contributed by atoms with Gasteiger partial charge in [0.1, 0.15) is 11.2 Å². The molecule has 178 valence electrons. The number of ether oxygens (including phenoxy) is 2. The fraction of sp³-hybridized carbons (Fsp3) is 0.450. The predicted octanol–water partition coefficient (Wildman–Crippen LogP) is 5.31. The third kappa shape index (κ3) is 5.25.